The third kappa shape index (κ3) is 2.77. The summed E-state index contributed by atoms with van der Waals surface area (Å²) in [5.74, 6) is -1.48. The highest BCUT2D eigenvalue weighted by atomic mass is 35.5. The molecule has 0 saturated heterocycles. The van der Waals surface area contributed by atoms with Crippen molar-refractivity contribution in [1.29, 1.82) is 0 Å². The molecule has 1 aliphatic rings. The van der Waals surface area contributed by atoms with E-state index in [9.17, 15) is 14.4 Å². The first-order valence-electron chi connectivity index (χ1n) is 7.10. The van der Waals surface area contributed by atoms with Gasteiger partial charge in [0.05, 0.1) is 21.8 Å². The molecule has 1 aliphatic heterocycles. The van der Waals surface area contributed by atoms with Crippen molar-refractivity contribution in [2.75, 3.05) is 11.9 Å². The predicted molar refractivity (Wildman–Crippen MR) is 91.6 cm³/mol. The summed E-state index contributed by atoms with van der Waals surface area (Å²) in [6.45, 7) is 1.34. The lowest BCUT2D eigenvalue weighted by Crippen LogP contribution is -2.37. The van der Waals surface area contributed by atoms with E-state index in [0.29, 0.717) is 32.4 Å². The van der Waals surface area contributed by atoms with E-state index in [1.165, 1.54) is 0 Å². The number of nitrogens with zero attached hydrogens (tertiary/aromatic N) is 1. The second-order valence-corrected chi connectivity index (χ2v) is 6.11. The van der Waals surface area contributed by atoms with Gasteiger partial charge in [-0.3, -0.25) is 19.3 Å². The molecule has 0 aromatic heterocycles. The van der Waals surface area contributed by atoms with Gasteiger partial charge in [0.25, 0.3) is 11.8 Å². The highest BCUT2D eigenvalue weighted by Gasteiger charge is 2.36. The summed E-state index contributed by atoms with van der Waals surface area (Å²) in [7, 11) is 0. The maximum Gasteiger partial charge on any atom is 0.262 e. The lowest BCUT2D eigenvalue weighted by atomic mass is 10.1. The Morgan fingerprint density at radius 1 is 1.04 bits per heavy atom. The number of hydrogen-bond acceptors (Lipinski definition) is 3. The van der Waals surface area contributed by atoms with Gasteiger partial charge in [-0.2, -0.15) is 0 Å². The fraction of sp³-hybridized carbons (Fsp3) is 0.118. The minimum Gasteiger partial charge on any atom is -0.323 e. The molecule has 122 valence electrons. The molecule has 5 nitrogen and oxygen atoms in total. The summed E-state index contributed by atoms with van der Waals surface area (Å²) in [4.78, 5) is 37.6. The molecule has 3 rings (SSSR count). The Kier molecular flexibility index (Phi) is 4.30. The molecule has 0 aliphatic carbocycles. The van der Waals surface area contributed by atoms with E-state index < -0.39 is 17.7 Å². The Balaban J connectivity index is 1.76. The third-order valence-corrected chi connectivity index (χ3v) is 4.67. The fourth-order valence-electron chi connectivity index (χ4n) is 2.47. The number of halogens is 2. The molecule has 0 saturated carbocycles. The second-order valence-electron chi connectivity index (χ2n) is 5.32. The summed E-state index contributed by atoms with van der Waals surface area (Å²) in [6.07, 6.45) is 0. The second kappa shape index (κ2) is 6.26. The summed E-state index contributed by atoms with van der Waals surface area (Å²) in [5, 5.41) is 3.40. The summed E-state index contributed by atoms with van der Waals surface area (Å²) < 4.78 is 0. The van der Waals surface area contributed by atoms with Gasteiger partial charge in [-0.25, -0.2) is 0 Å². The van der Waals surface area contributed by atoms with Gasteiger partial charge in [-0.05, 0) is 36.8 Å². The standard InChI is InChI=1S/C17H12Cl2N2O3/c1-9-12(18)6-7-13(15(9)19)20-14(22)8-21-16(23)10-4-2-3-5-11(10)17(21)24/h2-7H,8H2,1H3,(H,20,22). The molecule has 1 N–H and O–H groups in total. The van der Waals surface area contributed by atoms with Gasteiger partial charge in [0.2, 0.25) is 5.91 Å². The van der Waals surface area contributed by atoms with Crippen LogP contribution in [0, 0.1) is 6.92 Å². The topological polar surface area (TPSA) is 66.5 Å². The number of rotatable bonds is 3. The molecule has 0 atom stereocenters. The fourth-order valence-corrected chi connectivity index (χ4v) is 2.89. The molecule has 1 heterocycles. The van der Waals surface area contributed by atoms with Crippen LogP contribution in [0.25, 0.3) is 0 Å². The van der Waals surface area contributed by atoms with Crippen LogP contribution in [0.3, 0.4) is 0 Å². The van der Waals surface area contributed by atoms with Crippen molar-refractivity contribution in [3.05, 3.63) is 63.1 Å². The van der Waals surface area contributed by atoms with Crippen LogP contribution in [0.2, 0.25) is 10.0 Å². The molecule has 2 aromatic rings. The van der Waals surface area contributed by atoms with Gasteiger partial charge in [-0.15, -0.1) is 0 Å². The average Bonchev–Trinajstić information content (AvgIpc) is 2.81. The number of carbonyl (C=O) groups excluding carboxylic acids is 3. The number of hydrogen-bond donors (Lipinski definition) is 1. The lowest BCUT2D eigenvalue weighted by Gasteiger charge is -2.15. The molecule has 3 amide bonds. The van der Waals surface area contributed by atoms with E-state index in [1.807, 2.05) is 0 Å². The van der Waals surface area contributed by atoms with Crippen LogP contribution in [0.5, 0.6) is 0 Å². The molecule has 24 heavy (non-hydrogen) atoms. The zero-order valence-corrected chi connectivity index (χ0v) is 14.1. The molecule has 0 spiro atoms. The monoisotopic (exact) mass is 362 g/mol. The Morgan fingerprint density at radius 3 is 2.21 bits per heavy atom. The normalized spacial score (nSPS) is 13.2. The van der Waals surface area contributed by atoms with Crippen molar-refractivity contribution in [3.8, 4) is 0 Å². The van der Waals surface area contributed by atoms with E-state index in [-0.39, 0.29) is 6.54 Å². The highest BCUT2D eigenvalue weighted by Crippen LogP contribution is 2.31. The molecule has 0 radical (unpaired) electrons. The van der Waals surface area contributed by atoms with E-state index in [1.54, 1.807) is 43.3 Å². The zero-order chi connectivity index (χ0) is 17.4. The quantitative estimate of drug-likeness (QED) is 0.849. The smallest absolute Gasteiger partial charge is 0.262 e. The zero-order valence-electron chi connectivity index (χ0n) is 12.6. The Labute approximate surface area is 148 Å². The van der Waals surface area contributed by atoms with Gasteiger partial charge >= 0.3 is 0 Å². The SMILES string of the molecule is Cc1c(Cl)ccc(NC(=O)CN2C(=O)c3ccccc3C2=O)c1Cl. The van der Waals surface area contributed by atoms with Gasteiger partial charge in [0.15, 0.2) is 0 Å². The maximum absolute atomic E-state index is 12.2. The molecule has 0 unspecified atom stereocenters. The first-order valence-corrected chi connectivity index (χ1v) is 7.85. The van der Waals surface area contributed by atoms with Crippen LogP contribution in [0.4, 0.5) is 5.69 Å². The molecule has 0 fully saturated rings. The third-order valence-electron chi connectivity index (χ3n) is 3.77. The first kappa shape index (κ1) is 16.5. The van der Waals surface area contributed by atoms with Crippen molar-refractivity contribution in [2.45, 2.75) is 6.92 Å². The molecule has 2 aromatic carbocycles. The number of carbonyl (C=O) groups is 3. The van der Waals surface area contributed by atoms with Gasteiger partial charge in [0, 0.05) is 5.02 Å². The summed E-state index contributed by atoms with van der Waals surface area (Å²) in [5.41, 5.74) is 1.61. The number of anilines is 1. The van der Waals surface area contributed by atoms with Crippen molar-refractivity contribution < 1.29 is 14.4 Å². The van der Waals surface area contributed by atoms with Crippen molar-refractivity contribution >= 4 is 46.6 Å². The predicted octanol–water partition coefficient (Wildman–Crippen LogP) is 3.54. The number of amides is 3. The van der Waals surface area contributed by atoms with Crippen molar-refractivity contribution in [2.24, 2.45) is 0 Å². The molecule has 0 bridgehead atoms. The van der Waals surface area contributed by atoms with Crippen LogP contribution >= 0.6 is 23.2 Å². The molecule has 7 heteroatoms. The van der Waals surface area contributed by atoms with Crippen molar-refractivity contribution in [3.63, 3.8) is 0 Å². The van der Waals surface area contributed by atoms with E-state index in [0.717, 1.165) is 4.90 Å². The minimum absolute atomic E-state index is 0.302. The van der Waals surface area contributed by atoms with Crippen LogP contribution in [0.15, 0.2) is 36.4 Å². The lowest BCUT2D eigenvalue weighted by molar-refractivity contribution is -0.116. The first-order chi connectivity index (χ1) is 11.4. The van der Waals surface area contributed by atoms with Crippen molar-refractivity contribution in [1.82, 2.24) is 4.90 Å². The van der Waals surface area contributed by atoms with Crippen LogP contribution < -0.4 is 5.32 Å². The average molecular weight is 363 g/mol. The Morgan fingerprint density at radius 2 is 1.62 bits per heavy atom. The largest absolute Gasteiger partial charge is 0.323 e. The van der Waals surface area contributed by atoms with E-state index >= 15 is 0 Å². The van der Waals surface area contributed by atoms with Gasteiger partial charge in [-0.1, -0.05) is 35.3 Å². The summed E-state index contributed by atoms with van der Waals surface area (Å²) >= 11 is 12.1. The number of nitrogens with one attached hydrogen (secondary N) is 1. The van der Waals surface area contributed by atoms with Gasteiger partial charge < -0.3 is 5.32 Å². The number of imide groups is 1. The summed E-state index contributed by atoms with van der Waals surface area (Å²) in [6, 6.07) is 9.64. The van der Waals surface area contributed by atoms with E-state index in [2.05, 4.69) is 5.32 Å². The minimum atomic E-state index is -0.520. The Bertz CT molecular complexity index is 845. The number of fused-ring (bicyclic) bond motifs is 1. The Hall–Kier alpha value is -2.37. The number of benzene rings is 2. The van der Waals surface area contributed by atoms with E-state index in [4.69, 9.17) is 23.2 Å². The maximum atomic E-state index is 12.2. The molecular weight excluding hydrogens is 351 g/mol. The van der Waals surface area contributed by atoms with Crippen LogP contribution in [-0.4, -0.2) is 29.2 Å². The van der Waals surface area contributed by atoms with Gasteiger partial charge in [0.1, 0.15) is 6.54 Å². The van der Waals surface area contributed by atoms with Crippen LogP contribution in [0.1, 0.15) is 26.3 Å². The molecular formula is C17H12Cl2N2O3. The highest BCUT2D eigenvalue weighted by molar-refractivity contribution is 6.38. The van der Waals surface area contributed by atoms with Crippen LogP contribution in [-0.2, 0) is 4.79 Å².